The number of carbonyl (C=O) groups excluding carboxylic acids is 3. The van der Waals surface area contributed by atoms with Crippen LogP contribution in [0.5, 0.6) is 5.75 Å². The molecule has 36 heavy (non-hydrogen) atoms. The van der Waals surface area contributed by atoms with E-state index in [-0.39, 0.29) is 24.0 Å². The van der Waals surface area contributed by atoms with Crippen LogP contribution in [0.1, 0.15) is 53.0 Å². The Morgan fingerprint density at radius 1 is 0.833 bits per heavy atom. The van der Waals surface area contributed by atoms with Crippen LogP contribution in [-0.2, 0) is 25.6 Å². The molecular formula is C25H40N4O7. The van der Waals surface area contributed by atoms with Crippen LogP contribution in [0.2, 0.25) is 0 Å². The predicted molar refractivity (Wildman–Crippen MR) is 134 cm³/mol. The summed E-state index contributed by atoms with van der Waals surface area (Å²) < 4.78 is 0. The Labute approximate surface area is 211 Å². The molecule has 1 rings (SSSR count). The van der Waals surface area contributed by atoms with Crippen LogP contribution in [0.3, 0.4) is 0 Å². The van der Waals surface area contributed by atoms with Gasteiger partial charge in [-0.2, -0.15) is 0 Å². The number of hydrogen-bond acceptors (Lipinski definition) is 7. The second-order valence-corrected chi connectivity index (χ2v) is 9.28. The Morgan fingerprint density at radius 2 is 1.33 bits per heavy atom. The molecule has 0 aliphatic rings. The second kappa shape index (κ2) is 14.4. The molecule has 0 bridgehead atoms. The van der Waals surface area contributed by atoms with Crippen molar-refractivity contribution < 1.29 is 34.5 Å². The molecular weight excluding hydrogens is 468 g/mol. The van der Waals surface area contributed by atoms with Crippen molar-refractivity contribution in [1.82, 2.24) is 16.0 Å². The number of carboxylic acid groups (broad SMARTS) is 1. The summed E-state index contributed by atoms with van der Waals surface area (Å²) >= 11 is 0. The lowest BCUT2D eigenvalue weighted by Gasteiger charge is -2.29. The summed E-state index contributed by atoms with van der Waals surface area (Å²) in [6.45, 7) is 8.52. The van der Waals surface area contributed by atoms with Gasteiger partial charge in [0.1, 0.15) is 23.9 Å². The number of benzene rings is 1. The summed E-state index contributed by atoms with van der Waals surface area (Å²) in [5.74, 6) is -3.88. The molecule has 3 amide bonds. The van der Waals surface area contributed by atoms with Crippen LogP contribution >= 0.6 is 0 Å². The van der Waals surface area contributed by atoms with Crippen molar-refractivity contribution in [2.75, 3.05) is 0 Å². The topological polar surface area (TPSA) is 191 Å². The maximum Gasteiger partial charge on any atom is 0.326 e. The second-order valence-electron chi connectivity index (χ2n) is 9.28. The molecule has 0 aliphatic carbocycles. The standard InChI is InChI=1S/C25H40N4O7/c1-6-13(3)19(26)22(32)29-21(15(5)30)24(34)28-20(14(4)7-2)23(33)27-18(25(35)36)12-16-8-10-17(31)11-9-16/h8-11,13-15,18-21,30-31H,6-7,12,26H2,1-5H3,(H,27,33)(H,28,34)(H,29,32)(H,35,36). The Bertz CT molecular complexity index is 891. The number of aliphatic hydroxyl groups excluding tert-OH is 1. The molecule has 11 nitrogen and oxygen atoms in total. The van der Waals surface area contributed by atoms with Crippen LogP contribution < -0.4 is 21.7 Å². The minimum Gasteiger partial charge on any atom is -0.508 e. The number of carbonyl (C=O) groups is 4. The lowest BCUT2D eigenvalue weighted by molar-refractivity contribution is -0.142. The number of aliphatic hydroxyl groups is 1. The number of amides is 3. The average Bonchev–Trinajstić information content (AvgIpc) is 2.84. The highest BCUT2D eigenvalue weighted by Gasteiger charge is 2.34. The number of carboxylic acids is 1. The summed E-state index contributed by atoms with van der Waals surface area (Å²) in [6, 6.07) is 1.27. The van der Waals surface area contributed by atoms with Gasteiger partial charge >= 0.3 is 5.97 Å². The Morgan fingerprint density at radius 3 is 1.81 bits per heavy atom. The summed E-state index contributed by atoms with van der Waals surface area (Å²) in [7, 11) is 0. The van der Waals surface area contributed by atoms with E-state index >= 15 is 0 Å². The van der Waals surface area contributed by atoms with Gasteiger partial charge in [-0.05, 0) is 36.5 Å². The normalized spacial score (nSPS) is 17.0. The SMILES string of the molecule is CCC(C)C(N)C(=O)NC(C(=O)NC(C(=O)NC(Cc1ccc(O)cc1)C(=O)O)C(C)CC)C(C)O. The van der Waals surface area contributed by atoms with Crippen molar-refractivity contribution in [2.24, 2.45) is 17.6 Å². The first-order chi connectivity index (χ1) is 16.8. The van der Waals surface area contributed by atoms with Crippen molar-refractivity contribution in [3.8, 4) is 5.75 Å². The largest absolute Gasteiger partial charge is 0.508 e. The number of phenols is 1. The van der Waals surface area contributed by atoms with E-state index in [0.717, 1.165) is 0 Å². The smallest absolute Gasteiger partial charge is 0.326 e. The molecule has 0 fully saturated rings. The summed E-state index contributed by atoms with van der Waals surface area (Å²) in [6.07, 6.45) is -0.188. The van der Waals surface area contributed by atoms with E-state index in [2.05, 4.69) is 16.0 Å². The van der Waals surface area contributed by atoms with Crippen molar-refractivity contribution in [2.45, 2.75) is 84.2 Å². The fraction of sp³-hybridized carbons (Fsp3) is 0.600. The zero-order valence-electron chi connectivity index (χ0n) is 21.5. The maximum atomic E-state index is 13.1. The van der Waals surface area contributed by atoms with Crippen LogP contribution in [0.4, 0.5) is 0 Å². The van der Waals surface area contributed by atoms with Crippen molar-refractivity contribution in [3.63, 3.8) is 0 Å². The molecule has 8 N–H and O–H groups in total. The molecule has 0 heterocycles. The van der Waals surface area contributed by atoms with Gasteiger partial charge in [0.15, 0.2) is 0 Å². The number of rotatable bonds is 14. The Balaban J connectivity index is 3.02. The molecule has 7 unspecified atom stereocenters. The first-order valence-corrected chi connectivity index (χ1v) is 12.2. The average molecular weight is 509 g/mol. The third-order valence-corrected chi connectivity index (χ3v) is 6.41. The third kappa shape index (κ3) is 9.12. The molecule has 0 spiro atoms. The first-order valence-electron chi connectivity index (χ1n) is 12.2. The van der Waals surface area contributed by atoms with E-state index in [1.54, 1.807) is 32.9 Å². The molecule has 1 aromatic rings. The Kier molecular flexibility index (Phi) is 12.3. The highest BCUT2D eigenvalue weighted by atomic mass is 16.4. The molecule has 0 radical (unpaired) electrons. The monoisotopic (exact) mass is 508 g/mol. The minimum atomic E-state index is -1.36. The quantitative estimate of drug-likeness (QED) is 0.186. The van der Waals surface area contributed by atoms with Gasteiger partial charge in [0.25, 0.3) is 0 Å². The third-order valence-electron chi connectivity index (χ3n) is 6.41. The number of hydrogen-bond donors (Lipinski definition) is 7. The lowest BCUT2D eigenvalue weighted by atomic mass is 9.96. The summed E-state index contributed by atoms with van der Waals surface area (Å²) in [5, 5.41) is 36.7. The number of nitrogens with two attached hydrogens (primary N) is 1. The zero-order chi connectivity index (χ0) is 27.6. The maximum absolute atomic E-state index is 13.1. The van der Waals surface area contributed by atoms with Gasteiger partial charge in [0, 0.05) is 6.42 Å². The van der Waals surface area contributed by atoms with Crippen LogP contribution in [0, 0.1) is 11.8 Å². The molecule has 0 aromatic heterocycles. The number of aliphatic carboxylic acids is 1. The number of nitrogens with one attached hydrogen (secondary N) is 3. The van der Waals surface area contributed by atoms with Gasteiger partial charge in [-0.3, -0.25) is 14.4 Å². The van der Waals surface area contributed by atoms with Gasteiger partial charge in [-0.15, -0.1) is 0 Å². The molecule has 11 heteroatoms. The van der Waals surface area contributed by atoms with Crippen molar-refractivity contribution in [3.05, 3.63) is 29.8 Å². The fourth-order valence-corrected chi connectivity index (χ4v) is 3.44. The van der Waals surface area contributed by atoms with E-state index in [0.29, 0.717) is 18.4 Å². The lowest BCUT2D eigenvalue weighted by Crippen LogP contribution is -2.61. The minimum absolute atomic E-state index is 0.0269. The van der Waals surface area contributed by atoms with Crippen molar-refractivity contribution in [1.29, 1.82) is 0 Å². The van der Waals surface area contributed by atoms with Crippen LogP contribution in [0.25, 0.3) is 0 Å². The van der Waals surface area contributed by atoms with Gasteiger partial charge in [-0.25, -0.2) is 4.79 Å². The molecule has 0 aliphatic heterocycles. The first kappa shape index (κ1) is 30.9. The molecule has 202 valence electrons. The van der Waals surface area contributed by atoms with Gasteiger partial charge in [-0.1, -0.05) is 52.7 Å². The van der Waals surface area contributed by atoms with E-state index in [1.807, 2.05) is 6.92 Å². The van der Waals surface area contributed by atoms with Gasteiger partial charge in [0.05, 0.1) is 12.1 Å². The van der Waals surface area contributed by atoms with Gasteiger partial charge in [0.2, 0.25) is 17.7 Å². The predicted octanol–water partition coefficient (Wildman–Crippen LogP) is 0.274. The van der Waals surface area contributed by atoms with E-state index in [4.69, 9.17) is 5.73 Å². The van der Waals surface area contributed by atoms with Crippen LogP contribution in [-0.4, -0.2) is 69.3 Å². The number of phenolic OH excluding ortho intramolecular Hbond substituents is 1. The summed E-state index contributed by atoms with van der Waals surface area (Å²) in [4.78, 5) is 50.4. The molecule has 7 atom stereocenters. The number of aromatic hydroxyl groups is 1. The summed E-state index contributed by atoms with van der Waals surface area (Å²) in [5.41, 5.74) is 6.52. The molecule has 0 saturated carbocycles. The molecule has 1 aromatic carbocycles. The zero-order valence-corrected chi connectivity index (χ0v) is 21.5. The van der Waals surface area contributed by atoms with Crippen molar-refractivity contribution >= 4 is 23.7 Å². The van der Waals surface area contributed by atoms with E-state index in [1.165, 1.54) is 19.1 Å². The fourth-order valence-electron chi connectivity index (χ4n) is 3.44. The molecule has 0 saturated heterocycles. The van der Waals surface area contributed by atoms with E-state index in [9.17, 15) is 34.5 Å². The highest BCUT2D eigenvalue weighted by molar-refractivity contribution is 5.94. The van der Waals surface area contributed by atoms with E-state index < -0.39 is 54.0 Å². The highest BCUT2D eigenvalue weighted by Crippen LogP contribution is 2.13. The van der Waals surface area contributed by atoms with Crippen LogP contribution in [0.15, 0.2) is 24.3 Å². The van der Waals surface area contributed by atoms with Gasteiger partial charge < -0.3 is 37.0 Å². The Hall–Kier alpha value is -3.18.